The molecule has 0 aliphatic heterocycles. The predicted molar refractivity (Wildman–Crippen MR) is 73.9 cm³/mol. The minimum absolute atomic E-state index is 0.275. The number of hydrogen-bond acceptors (Lipinski definition) is 1. The van der Waals surface area contributed by atoms with Crippen molar-refractivity contribution in [1.82, 2.24) is 0 Å². The van der Waals surface area contributed by atoms with Gasteiger partial charge < -0.3 is 5.11 Å². The van der Waals surface area contributed by atoms with E-state index in [-0.39, 0.29) is 12.2 Å². The maximum Gasteiger partial charge on any atom is 0.126 e. The van der Waals surface area contributed by atoms with Crippen molar-refractivity contribution in [2.45, 2.75) is 19.4 Å². The summed E-state index contributed by atoms with van der Waals surface area (Å²) in [6.07, 6.45) is -0.416. The SMILES string of the molecule is Cc1ccc(C(O)Cc2ccccc2F)cc1Br. The molecule has 2 aromatic carbocycles. The lowest BCUT2D eigenvalue weighted by Crippen LogP contribution is -2.03. The minimum atomic E-state index is -0.696. The third-order valence-corrected chi connectivity index (χ3v) is 3.81. The Balaban J connectivity index is 2.19. The van der Waals surface area contributed by atoms with Crippen LogP contribution in [0.5, 0.6) is 0 Å². The number of benzene rings is 2. The molecule has 0 bridgehead atoms. The van der Waals surface area contributed by atoms with E-state index in [2.05, 4.69) is 15.9 Å². The summed E-state index contributed by atoms with van der Waals surface area (Å²) in [5.74, 6) is -0.275. The molecule has 0 heterocycles. The number of rotatable bonds is 3. The first kappa shape index (κ1) is 13.2. The Morgan fingerprint density at radius 1 is 1.22 bits per heavy atom. The molecule has 3 heteroatoms. The van der Waals surface area contributed by atoms with Gasteiger partial charge in [-0.1, -0.05) is 46.3 Å². The van der Waals surface area contributed by atoms with Gasteiger partial charge in [-0.15, -0.1) is 0 Å². The van der Waals surface area contributed by atoms with E-state index < -0.39 is 6.10 Å². The van der Waals surface area contributed by atoms with Gasteiger partial charge in [0, 0.05) is 10.9 Å². The van der Waals surface area contributed by atoms with Crippen LogP contribution in [-0.4, -0.2) is 5.11 Å². The molecule has 1 N–H and O–H groups in total. The fraction of sp³-hybridized carbons (Fsp3) is 0.200. The highest BCUT2D eigenvalue weighted by molar-refractivity contribution is 9.10. The van der Waals surface area contributed by atoms with E-state index in [0.29, 0.717) is 5.56 Å². The second-order valence-corrected chi connectivity index (χ2v) is 5.17. The third-order valence-electron chi connectivity index (χ3n) is 2.95. The second-order valence-electron chi connectivity index (χ2n) is 4.32. The average molecular weight is 309 g/mol. The summed E-state index contributed by atoms with van der Waals surface area (Å²) in [4.78, 5) is 0. The van der Waals surface area contributed by atoms with Crippen molar-refractivity contribution >= 4 is 15.9 Å². The zero-order chi connectivity index (χ0) is 13.1. The van der Waals surface area contributed by atoms with E-state index >= 15 is 0 Å². The lowest BCUT2D eigenvalue weighted by molar-refractivity contribution is 0.177. The van der Waals surface area contributed by atoms with Gasteiger partial charge in [0.1, 0.15) is 5.82 Å². The summed E-state index contributed by atoms with van der Waals surface area (Å²) >= 11 is 3.43. The third kappa shape index (κ3) is 2.98. The van der Waals surface area contributed by atoms with Gasteiger partial charge in [-0.25, -0.2) is 4.39 Å². The van der Waals surface area contributed by atoms with Crippen molar-refractivity contribution in [2.75, 3.05) is 0 Å². The maximum atomic E-state index is 13.5. The van der Waals surface area contributed by atoms with Crippen molar-refractivity contribution in [2.24, 2.45) is 0 Å². The Morgan fingerprint density at radius 2 is 1.94 bits per heavy atom. The maximum absolute atomic E-state index is 13.5. The highest BCUT2D eigenvalue weighted by atomic mass is 79.9. The van der Waals surface area contributed by atoms with E-state index in [1.807, 2.05) is 25.1 Å². The number of aliphatic hydroxyl groups is 1. The van der Waals surface area contributed by atoms with Gasteiger partial charge in [-0.05, 0) is 35.7 Å². The highest BCUT2D eigenvalue weighted by Crippen LogP contribution is 2.24. The molecule has 0 aliphatic rings. The van der Waals surface area contributed by atoms with Crippen molar-refractivity contribution in [3.63, 3.8) is 0 Å². The molecule has 0 amide bonds. The quantitative estimate of drug-likeness (QED) is 0.902. The van der Waals surface area contributed by atoms with E-state index in [9.17, 15) is 9.50 Å². The van der Waals surface area contributed by atoms with Crippen LogP contribution in [0.1, 0.15) is 22.8 Å². The molecule has 0 fully saturated rings. The molecule has 1 atom stereocenters. The van der Waals surface area contributed by atoms with Gasteiger partial charge in [0.05, 0.1) is 6.10 Å². The molecule has 0 aromatic heterocycles. The van der Waals surface area contributed by atoms with Crippen LogP contribution < -0.4 is 0 Å². The topological polar surface area (TPSA) is 20.2 Å². The van der Waals surface area contributed by atoms with E-state index in [1.54, 1.807) is 18.2 Å². The lowest BCUT2D eigenvalue weighted by Gasteiger charge is -2.13. The van der Waals surface area contributed by atoms with E-state index in [1.165, 1.54) is 6.07 Å². The summed E-state index contributed by atoms with van der Waals surface area (Å²) < 4.78 is 14.4. The first-order chi connectivity index (χ1) is 8.58. The molecule has 1 nitrogen and oxygen atoms in total. The molecule has 18 heavy (non-hydrogen) atoms. The molecular weight excluding hydrogens is 295 g/mol. The molecule has 0 radical (unpaired) electrons. The van der Waals surface area contributed by atoms with Crippen LogP contribution in [0.3, 0.4) is 0 Å². The predicted octanol–water partition coefficient (Wildman–Crippen LogP) is 4.17. The first-order valence-electron chi connectivity index (χ1n) is 5.75. The van der Waals surface area contributed by atoms with Crippen molar-refractivity contribution in [3.05, 3.63) is 69.4 Å². The van der Waals surface area contributed by atoms with Crippen LogP contribution >= 0.6 is 15.9 Å². The zero-order valence-electron chi connectivity index (χ0n) is 10.0. The number of aryl methyl sites for hydroxylation is 1. The number of hydrogen-bond donors (Lipinski definition) is 1. The molecule has 2 aromatic rings. The normalized spacial score (nSPS) is 12.4. The second kappa shape index (κ2) is 5.63. The van der Waals surface area contributed by atoms with Crippen LogP contribution in [0.4, 0.5) is 4.39 Å². The molecule has 1 unspecified atom stereocenters. The summed E-state index contributed by atoms with van der Waals surface area (Å²) in [7, 11) is 0. The van der Waals surface area contributed by atoms with Crippen LogP contribution in [0, 0.1) is 12.7 Å². The molecule has 0 saturated heterocycles. The molecule has 0 spiro atoms. The van der Waals surface area contributed by atoms with Gasteiger partial charge in [-0.3, -0.25) is 0 Å². The van der Waals surface area contributed by atoms with Crippen LogP contribution in [0.25, 0.3) is 0 Å². The summed E-state index contributed by atoms with van der Waals surface area (Å²) in [6.45, 7) is 1.98. The zero-order valence-corrected chi connectivity index (χ0v) is 11.6. The van der Waals surface area contributed by atoms with Gasteiger partial charge in [0.15, 0.2) is 0 Å². The Hall–Kier alpha value is -1.19. The lowest BCUT2D eigenvalue weighted by atomic mass is 10.0. The van der Waals surface area contributed by atoms with Gasteiger partial charge in [-0.2, -0.15) is 0 Å². The average Bonchev–Trinajstić information content (AvgIpc) is 2.35. The van der Waals surface area contributed by atoms with Crippen LogP contribution in [0.15, 0.2) is 46.9 Å². The van der Waals surface area contributed by atoms with Crippen molar-refractivity contribution in [1.29, 1.82) is 0 Å². The smallest absolute Gasteiger partial charge is 0.126 e. The monoisotopic (exact) mass is 308 g/mol. The van der Waals surface area contributed by atoms with Gasteiger partial charge in [0.2, 0.25) is 0 Å². The molecule has 2 rings (SSSR count). The standard InChI is InChI=1S/C15H14BrFO/c1-10-6-7-12(8-13(10)16)15(18)9-11-4-2-3-5-14(11)17/h2-8,15,18H,9H2,1H3. The summed E-state index contributed by atoms with van der Waals surface area (Å²) in [5, 5.41) is 10.1. The van der Waals surface area contributed by atoms with E-state index in [0.717, 1.165) is 15.6 Å². The Kier molecular flexibility index (Phi) is 4.15. The summed E-state index contributed by atoms with van der Waals surface area (Å²) in [6, 6.07) is 12.2. The fourth-order valence-corrected chi connectivity index (χ4v) is 2.20. The van der Waals surface area contributed by atoms with Crippen LogP contribution in [-0.2, 0) is 6.42 Å². The van der Waals surface area contributed by atoms with Crippen molar-refractivity contribution < 1.29 is 9.50 Å². The fourth-order valence-electron chi connectivity index (χ4n) is 1.81. The largest absolute Gasteiger partial charge is 0.388 e. The summed E-state index contributed by atoms with van der Waals surface area (Å²) in [5.41, 5.74) is 2.43. The molecule has 94 valence electrons. The van der Waals surface area contributed by atoms with Gasteiger partial charge >= 0.3 is 0 Å². The first-order valence-corrected chi connectivity index (χ1v) is 6.55. The molecule has 0 saturated carbocycles. The number of halogens is 2. The Labute approximate surface area is 114 Å². The van der Waals surface area contributed by atoms with Gasteiger partial charge in [0.25, 0.3) is 0 Å². The minimum Gasteiger partial charge on any atom is -0.388 e. The molecular formula is C15H14BrFO. The number of aliphatic hydroxyl groups excluding tert-OH is 1. The Morgan fingerprint density at radius 3 is 2.61 bits per heavy atom. The van der Waals surface area contributed by atoms with Crippen molar-refractivity contribution in [3.8, 4) is 0 Å². The Bertz CT molecular complexity index is 554. The highest BCUT2D eigenvalue weighted by Gasteiger charge is 2.12. The molecule has 0 aliphatic carbocycles. The van der Waals surface area contributed by atoms with E-state index in [4.69, 9.17) is 0 Å². The van der Waals surface area contributed by atoms with Crippen LogP contribution in [0.2, 0.25) is 0 Å².